The molecule has 0 spiro atoms. The van der Waals surface area contributed by atoms with Gasteiger partial charge in [-0.15, -0.1) is 11.3 Å². The van der Waals surface area contributed by atoms with Crippen LogP contribution in [0.1, 0.15) is 39.4 Å². The van der Waals surface area contributed by atoms with Gasteiger partial charge in [0.15, 0.2) is 0 Å². The zero-order chi connectivity index (χ0) is 20.5. The molecule has 0 saturated heterocycles. The summed E-state index contributed by atoms with van der Waals surface area (Å²) in [5.41, 5.74) is 2.27. The Labute approximate surface area is 170 Å². The summed E-state index contributed by atoms with van der Waals surface area (Å²) >= 11 is 1.14. The minimum absolute atomic E-state index is 0.114. The van der Waals surface area contributed by atoms with Gasteiger partial charge in [0.25, 0.3) is 0 Å². The van der Waals surface area contributed by atoms with Crippen molar-refractivity contribution in [2.45, 2.75) is 19.3 Å². The standard InChI is InChI=1S/C22H18FNO4S/c1-2-28-16-6-4-3-5-14(16)15-11-17(25)24-19-18(12-7-9-13(23)10-8-12)21(22(26)27)29-20(15)19/h3-10,15H,2,11H2,1H3,(H,24,25)(H,26,27)/t15-/m1/s1. The first-order valence-electron chi connectivity index (χ1n) is 9.17. The topological polar surface area (TPSA) is 75.6 Å². The molecule has 5 nitrogen and oxygen atoms in total. The molecule has 1 aliphatic rings. The first kappa shape index (κ1) is 19.1. The van der Waals surface area contributed by atoms with Crippen molar-refractivity contribution in [1.29, 1.82) is 0 Å². The van der Waals surface area contributed by atoms with Crippen LogP contribution >= 0.6 is 11.3 Å². The molecular weight excluding hydrogens is 393 g/mol. The summed E-state index contributed by atoms with van der Waals surface area (Å²) in [7, 11) is 0. The van der Waals surface area contributed by atoms with Crippen LogP contribution in [-0.4, -0.2) is 23.6 Å². The summed E-state index contributed by atoms with van der Waals surface area (Å²) in [6.07, 6.45) is 0.194. The normalized spacial score (nSPS) is 15.5. The Balaban J connectivity index is 1.92. The summed E-state index contributed by atoms with van der Waals surface area (Å²) in [5, 5.41) is 12.6. The van der Waals surface area contributed by atoms with E-state index in [2.05, 4.69) is 5.32 Å². The number of benzene rings is 2. The van der Waals surface area contributed by atoms with Crippen molar-refractivity contribution in [2.24, 2.45) is 0 Å². The monoisotopic (exact) mass is 411 g/mol. The second-order valence-electron chi connectivity index (χ2n) is 6.63. The fourth-order valence-corrected chi connectivity index (χ4v) is 4.87. The fourth-order valence-electron chi connectivity index (χ4n) is 3.64. The predicted molar refractivity (Wildman–Crippen MR) is 109 cm³/mol. The Hall–Kier alpha value is -3.19. The van der Waals surface area contributed by atoms with Crippen LogP contribution in [0, 0.1) is 5.82 Å². The van der Waals surface area contributed by atoms with E-state index in [1.165, 1.54) is 24.3 Å². The van der Waals surface area contributed by atoms with Crippen LogP contribution in [0.2, 0.25) is 0 Å². The van der Waals surface area contributed by atoms with Gasteiger partial charge in [-0.2, -0.15) is 0 Å². The molecule has 2 N–H and O–H groups in total. The lowest BCUT2D eigenvalue weighted by Gasteiger charge is -2.25. The number of anilines is 1. The molecule has 1 aliphatic heterocycles. The number of rotatable bonds is 5. The number of nitrogens with one attached hydrogen (secondary N) is 1. The van der Waals surface area contributed by atoms with Crippen molar-refractivity contribution in [1.82, 2.24) is 0 Å². The zero-order valence-electron chi connectivity index (χ0n) is 15.6. The van der Waals surface area contributed by atoms with Gasteiger partial charge in [-0.1, -0.05) is 30.3 Å². The minimum atomic E-state index is -1.09. The largest absolute Gasteiger partial charge is 0.494 e. The van der Waals surface area contributed by atoms with Crippen molar-refractivity contribution < 1.29 is 23.8 Å². The number of hydrogen-bond donors (Lipinski definition) is 2. The number of thiophene rings is 1. The maximum Gasteiger partial charge on any atom is 0.346 e. The lowest BCUT2D eigenvalue weighted by molar-refractivity contribution is -0.116. The SMILES string of the molecule is CCOc1ccccc1[C@H]1CC(=O)Nc2c1sc(C(=O)O)c2-c1ccc(F)cc1. The molecule has 3 aromatic rings. The summed E-state index contributed by atoms with van der Waals surface area (Å²) in [6, 6.07) is 13.1. The number of carboxylic acid groups (broad SMARTS) is 1. The molecule has 29 heavy (non-hydrogen) atoms. The van der Waals surface area contributed by atoms with Gasteiger partial charge >= 0.3 is 5.97 Å². The van der Waals surface area contributed by atoms with Gasteiger partial charge in [-0.25, -0.2) is 9.18 Å². The molecule has 1 atom stereocenters. The number of ether oxygens (including phenoxy) is 1. The van der Waals surface area contributed by atoms with Crippen molar-refractivity contribution in [3.63, 3.8) is 0 Å². The molecule has 0 fully saturated rings. The third-order valence-corrected chi connectivity index (χ3v) is 6.12. The highest BCUT2D eigenvalue weighted by Crippen LogP contribution is 2.50. The van der Waals surface area contributed by atoms with E-state index in [9.17, 15) is 19.1 Å². The maximum atomic E-state index is 13.4. The molecule has 0 saturated carbocycles. The molecule has 4 rings (SSSR count). The predicted octanol–water partition coefficient (Wildman–Crippen LogP) is 5.13. The minimum Gasteiger partial charge on any atom is -0.494 e. The van der Waals surface area contributed by atoms with Crippen LogP contribution in [-0.2, 0) is 4.79 Å². The third-order valence-electron chi connectivity index (χ3n) is 4.83. The molecule has 7 heteroatoms. The highest BCUT2D eigenvalue weighted by atomic mass is 32.1. The smallest absolute Gasteiger partial charge is 0.346 e. The van der Waals surface area contributed by atoms with Gasteiger partial charge in [0.05, 0.1) is 12.3 Å². The molecule has 0 unspecified atom stereocenters. The number of fused-ring (bicyclic) bond motifs is 1. The van der Waals surface area contributed by atoms with Gasteiger partial charge in [-0.3, -0.25) is 4.79 Å². The molecule has 1 amide bonds. The van der Waals surface area contributed by atoms with E-state index in [-0.39, 0.29) is 23.1 Å². The highest BCUT2D eigenvalue weighted by Gasteiger charge is 2.35. The Bertz CT molecular complexity index is 1090. The van der Waals surface area contributed by atoms with Crippen molar-refractivity contribution >= 4 is 28.9 Å². The van der Waals surface area contributed by atoms with Crippen LogP contribution in [0.15, 0.2) is 48.5 Å². The summed E-state index contributed by atoms with van der Waals surface area (Å²) in [6.45, 7) is 2.37. The van der Waals surface area contributed by atoms with Crippen LogP contribution in [0.4, 0.5) is 10.1 Å². The number of para-hydroxylation sites is 1. The number of carbonyl (C=O) groups excluding carboxylic acids is 1. The van der Waals surface area contributed by atoms with Crippen LogP contribution in [0.25, 0.3) is 11.1 Å². The Morgan fingerprint density at radius 1 is 1.24 bits per heavy atom. The van der Waals surface area contributed by atoms with Crippen molar-refractivity contribution in [3.05, 3.63) is 69.7 Å². The fraction of sp³-hybridized carbons (Fsp3) is 0.182. The molecule has 1 aromatic heterocycles. The van der Waals surface area contributed by atoms with E-state index in [1.54, 1.807) is 0 Å². The lowest BCUT2D eigenvalue weighted by atomic mass is 9.88. The quantitative estimate of drug-likeness (QED) is 0.611. The van der Waals surface area contributed by atoms with Gasteiger partial charge in [0.1, 0.15) is 16.4 Å². The van der Waals surface area contributed by atoms with Crippen molar-refractivity contribution in [3.8, 4) is 16.9 Å². The van der Waals surface area contributed by atoms with E-state index in [0.29, 0.717) is 29.2 Å². The number of hydrogen-bond acceptors (Lipinski definition) is 4. The molecule has 0 bridgehead atoms. The second kappa shape index (κ2) is 7.67. The number of carboxylic acids is 1. The maximum absolute atomic E-state index is 13.4. The Morgan fingerprint density at radius 3 is 2.66 bits per heavy atom. The van der Waals surface area contributed by atoms with E-state index < -0.39 is 11.8 Å². The second-order valence-corrected chi connectivity index (χ2v) is 7.69. The molecular formula is C22H18FNO4S. The molecule has 2 aromatic carbocycles. The summed E-state index contributed by atoms with van der Waals surface area (Å²) < 4.78 is 19.1. The van der Waals surface area contributed by atoms with Gasteiger partial charge < -0.3 is 15.2 Å². The van der Waals surface area contributed by atoms with Gasteiger partial charge in [-0.05, 0) is 30.7 Å². The van der Waals surface area contributed by atoms with Gasteiger partial charge in [0.2, 0.25) is 5.91 Å². The lowest BCUT2D eigenvalue weighted by Crippen LogP contribution is -2.22. The van der Waals surface area contributed by atoms with Crippen LogP contribution < -0.4 is 10.1 Å². The van der Waals surface area contributed by atoms with Crippen molar-refractivity contribution in [2.75, 3.05) is 11.9 Å². The Kier molecular flexibility index (Phi) is 5.07. The number of aromatic carboxylic acids is 1. The molecule has 148 valence electrons. The van der Waals surface area contributed by atoms with Crippen LogP contribution in [0.5, 0.6) is 5.75 Å². The molecule has 2 heterocycles. The van der Waals surface area contributed by atoms with E-state index >= 15 is 0 Å². The summed E-state index contributed by atoms with van der Waals surface area (Å²) in [4.78, 5) is 25.4. The molecule has 0 aliphatic carbocycles. The number of halogens is 1. The first-order chi connectivity index (χ1) is 14.0. The van der Waals surface area contributed by atoms with E-state index in [4.69, 9.17) is 4.74 Å². The molecule has 0 radical (unpaired) electrons. The summed E-state index contributed by atoms with van der Waals surface area (Å²) in [5.74, 6) is -1.35. The van der Waals surface area contributed by atoms with Crippen LogP contribution in [0.3, 0.4) is 0 Å². The number of amides is 1. The van der Waals surface area contributed by atoms with E-state index in [1.807, 2.05) is 31.2 Å². The average Bonchev–Trinajstić information content (AvgIpc) is 3.08. The van der Waals surface area contributed by atoms with Gasteiger partial charge in [0, 0.05) is 28.3 Å². The highest BCUT2D eigenvalue weighted by molar-refractivity contribution is 7.15. The zero-order valence-corrected chi connectivity index (χ0v) is 16.4. The third kappa shape index (κ3) is 3.49. The average molecular weight is 411 g/mol. The Morgan fingerprint density at radius 2 is 1.97 bits per heavy atom. The first-order valence-corrected chi connectivity index (χ1v) is 9.98. The van der Waals surface area contributed by atoms with E-state index in [0.717, 1.165) is 21.8 Å². The number of carbonyl (C=O) groups is 2.